The number of hydrogen-bond donors (Lipinski definition) is 3. The molecule has 19 heavy (non-hydrogen) atoms. The Bertz CT molecular complexity index is 162. The van der Waals surface area contributed by atoms with Crippen molar-refractivity contribution in [3.05, 3.63) is 38.0 Å². The lowest BCUT2D eigenvalue weighted by Crippen LogP contribution is -2.17. The normalized spacial score (nSPS) is 6.53. The van der Waals surface area contributed by atoms with Crippen LogP contribution in [-0.2, 0) is 4.79 Å². The Hall–Kier alpha value is -1.39. The van der Waals surface area contributed by atoms with Crippen molar-refractivity contribution in [3.8, 4) is 0 Å². The topological polar surface area (TPSA) is 83.6 Å². The molecule has 116 valence electrons. The van der Waals surface area contributed by atoms with Crippen LogP contribution < -0.4 is 5.73 Å². The summed E-state index contributed by atoms with van der Waals surface area (Å²) in [6.45, 7) is 19.0. The monoisotopic (exact) mass is 275 g/mol. The molecule has 0 radical (unpaired) electrons. The van der Waals surface area contributed by atoms with Gasteiger partial charge in [0.15, 0.2) is 0 Å². The Morgan fingerprint density at radius 1 is 1.00 bits per heavy atom. The summed E-state index contributed by atoms with van der Waals surface area (Å²) in [7, 11) is 0. The van der Waals surface area contributed by atoms with E-state index < -0.39 is 0 Å². The highest BCUT2D eigenvalue weighted by atomic mass is 16.3. The number of allylic oxidation sites excluding steroid dienone is 3. The van der Waals surface area contributed by atoms with E-state index in [-0.39, 0.29) is 25.0 Å². The molecule has 0 aromatic carbocycles. The van der Waals surface area contributed by atoms with Crippen LogP contribution in [0.15, 0.2) is 38.0 Å². The van der Waals surface area contributed by atoms with Crippen molar-refractivity contribution >= 4 is 5.91 Å². The maximum atomic E-state index is 9.92. The number of amides is 1. The predicted molar refractivity (Wildman–Crippen MR) is 85.8 cm³/mol. The zero-order chi connectivity index (χ0) is 16.7. The van der Waals surface area contributed by atoms with E-state index in [4.69, 9.17) is 15.9 Å². The second-order valence-electron chi connectivity index (χ2n) is 3.23. The van der Waals surface area contributed by atoms with Crippen LogP contribution in [0.5, 0.6) is 0 Å². The number of primary amides is 1. The van der Waals surface area contributed by atoms with Crippen LogP contribution in [0.4, 0.5) is 0 Å². The van der Waals surface area contributed by atoms with Crippen LogP contribution in [-0.4, -0.2) is 29.3 Å². The van der Waals surface area contributed by atoms with Gasteiger partial charge in [0.1, 0.15) is 0 Å². The number of rotatable bonds is 2. The lowest BCUT2D eigenvalue weighted by atomic mass is 10.2. The minimum absolute atomic E-state index is 0.00926. The highest BCUT2D eigenvalue weighted by molar-refractivity contribution is 5.75. The summed E-state index contributed by atoms with van der Waals surface area (Å²) in [4.78, 5) is 9.92. The summed E-state index contributed by atoms with van der Waals surface area (Å²) in [6, 6.07) is 0. The number of carbonyl (C=O) groups excluding carboxylic acids is 1. The Morgan fingerprint density at radius 2 is 1.11 bits per heavy atom. The SMILES string of the molecule is C=CC.C=CC.C=CC.CC(C)C(N)=O.OCCO. The third kappa shape index (κ3) is 272. The molecule has 0 aliphatic heterocycles. The number of aliphatic hydroxyl groups excluding tert-OH is 2. The molecule has 4 nitrogen and oxygen atoms in total. The summed E-state index contributed by atoms with van der Waals surface area (Å²) in [5, 5.41) is 15.2. The van der Waals surface area contributed by atoms with Gasteiger partial charge >= 0.3 is 0 Å². The fourth-order valence-corrected chi connectivity index (χ4v) is 0. The number of nitrogens with two attached hydrogens (primary N) is 1. The third-order valence-corrected chi connectivity index (χ3v) is 0.669. The van der Waals surface area contributed by atoms with Crippen molar-refractivity contribution in [2.75, 3.05) is 13.2 Å². The molecule has 0 saturated heterocycles. The van der Waals surface area contributed by atoms with Crippen LogP contribution in [0.25, 0.3) is 0 Å². The van der Waals surface area contributed by atoms with Crippen LogP contribution in [0.1, 0.15) is 34.6 Å². The Kier molecular flexibility index (Phi) is 70.5. The molecule has 0 spiro atoms. The van der Waals surface area contributed by atoms with Gasteiger partial charge in [0.25, 0.3) is 0 Å². The molecule has 0 aromatic heterocycles. The fourth-order valence-electron chi connectivity index (χ4n) is 0. The Balaban J connectivity index is -0.0000000448. The maximum absolute atomic E-state index is 9.92. The second-order valence-corrected chi connectivity index (χ2v) is 3.23. The van der Waals surface area contributed by atoms with Crippen molar-refractivity contribution in [3.63, 3.8) is 0 Å². The van der Waals surface area contributed by atoms with Gasteiger partial charge in [0.05, 0.1) is 13.2 Å². The number of aliphatic hydroxyl groups is 2. The minimum Gasteiger partial charge on any atom is -0.394 e. The van der Waals surface area contributed by atoms with E-state index >= 15 is 0 Å². The Labute approximate surface area is 119 Å². The summed E-state index contributed by atoms with van der Waals surface area (Å²) in [5.41, 5.74) is 4.80. The van der Waals surface area contributed by atoms with Crippen LogP contribution in [0.3, 0.4) is 0 Å². The predicted octanol–water partition coefficient (Wildman–Crippen LogP) is 2.68. The molecule has 0 heterocycles. The maximum Gasteiger partial charge on any atom is 0.219 e. The summed E-state index contributed by atoms with van der Waals surface area (Å²) < 4.78 is 0. The first-order chi connectivity index (χ1) is 8.80. The van der Waals surface area contributed by atoms with Gasteiger partial charge in [-0.2, -0.15) is 0 Å². The minimum atomic E-state index is -0.241. The van der Waals surface area contributed by atoms with E-state index in [1.54, 1.807) is 32.1 Å². The lowest BCUT2D eigenvalue weighted by Gasteiger charge is -1.90. The summed E-state index contributed by atoms with van der Waals surface area (Å²) in [6.07, 6.45) is 5.25. The van der Waals surface area contributed by atoms with Crippen molar-refractivity contribution in [1.29, 1.82) is 0 Å². The van der Waals surface area contributed by atoms with E-state index in [0.717, 1.165) is 0 Å². The average molecular weight is 275 g/mol. The van der Waals surface area contributed by atoms with Crippen molar-refractivity contribution in [2.45, 2.75) is 34.6 Å². The molecule has 0 aromatic rings. The van der Waals surface area contributed by atoms with Gasteiger partial charge in [-0.1, -0.05) is 32.1 Å². The van der Waals surface area contributed by atoms with E-state index in [1.165, 1.54) is 0 Å². The van der Waals surface area contributed by atoms with Gasteiger partial charge in [-0.15, -0.1) is 19.7 Å². The molecule has 0 atom stereocenters. The fraction of sp³-hybridized carbons (Fsp3) is 0.533. The molecule has 0 aliphatic carbocycles. The molecule has 1 amide bonds. The zero-order valence-electron chi connectivity index (χ0n) is 13.2. The highest BCUT2D eigenvalue weighted by Crippen LogP contribution is 1.84. The lowest BCUT2D eigenvalue weighted by molar-refractivity contribution is -0.120. The molecule has 4 N–H and O–H groups in total. The summed E-state index contributed by atoms with van der Waals surface area (Å²) >= 11 is 0. The largest absolute Gasteiger partial charge is 0.394 e. The van der Waals surface area contributed by atoms with Crippen LogP contribution >= 0.6 is 0 Å². The Morgan fingerprint density at radius 3 is 1.11 bits per heavy atom. The standard InChI is InChI=1S/C4H9NO.3C3H6.C2H6O2/c1-3(2)4(5)6;3*1-3-2;3-1-2-4/h3H,1-2H3,(H2,5,6);3*3H,1H2,2H3;3-4H,1-2H2. The molecule has 0 aliphatic rings. The van der Waals surface area contributed by atoms with E-state index in [1.807, 2.05) is 20.8 Å². The molecule has 4 heteroatoms. The third-order valence-electron chi connectivity index (χ3n) is 0.669. The van der Waals surface area contributed by atoms with Crippen molar-refractivity contribution in [2.24, 2.45) is 11.7 Å². The first kappa shape index (κ1) is 30.6. The van der Waals surface area contributed by atoms with Crippen LogP contribution in [0.2, 0.25) is 0 Å². The molecule has 0 rings (SSSR count). The van der Waals surface area contributed by atoms with Gasteiger partial charge in [0.2, 0.25) is 5.91 Å². The quantitative estimate of drug-likeness (QED) is 0.677. The highest BCUT2D eigenvalue weighted by Gasteiger charge is 1.96. The number of hydrogen-bond acceptors (Lipinski definition) is 3. The molecule has 0 fully saturated rings. The first-order valence-corrected chi connectivity index (χ1v) is 6.03. The summed E-state index contributed by atoms with van der Waals surface area (Å²) in [5.74, 6) is -0.250. The molecule has 0 saturated carbocycles. The second kappa shape index (κ2) is 43.8. The van der Waals surface area contributed by atoms with E-state index in [9.17, 15) is 4.79 Å². The molecule has 0 unspecified atom stereocenters. The van der Waals surface area contributed by atoms with E-state index in [2.05, 4.69) is 19.7 Å². The van der Waals surface area contributed by atoms with Crippen LogP contribution in [0, 0.1) is 5.92 Å². The molecule has 0 bridgehead atoms. The molecular formula is C15H33NO3. The van der Waals surface area contributed by atoms with E-state index in [0.29, 0.717) is 0 Å². The smallest absolute Gasteiger partial charge is 0.219 e. The first-order valence-electron chi connectivity index (χ1n) is 6.03. The van der Waals surface area contributed by atoms with Gasteiger partial charge in [-0.25, -0.2) is 0 Å². The van der Waals surface area contributed by atoms with Gasteiger partial charge in [-0.3, -0.25) is 4.79 Å². The van der Waals surface area contributed by atoms with Crippen molar-refractivity contribution in [1.82, 2.24) is 0 Å². The van der Waals surface area contributed by atoms with Gasteiger partial charge < -0.3 is 15.9 Å². The number of carbonyl (C=O) groups is 1. The average Bonchev–Trinajstić information content (AvgIpc) is 2.32. The van der Waals surface area contributed by atoms with Gasteiger partial charge in [0, 0.05) is 5.92 Å². The zero-order valence-corrected chi connectivity index (χ0v) is 13.2. The van der Waals surface area contributed by atoms with Crippen molar-refractivity contribution < 1.29 is 15.0 Å². The van der Waals surface area contributed by atoms with Gasteiger partial charge in [-0.05, 0) is 20.8 Å². The molecular weight excluding hydrogens is 242 g/mol.